The zero-order valence-corrected chi connectivity index (χ0v) is 9.85. The molecule has 1 heterocycles. The van der Waals surface area contributed by atoms with E-state index in [0.717, 1.165) is 39.1 Å². The largest absolute Gasteiger partial charge is 0.370 e. The molecule has 0 radical (unpaired) electrons. The molecule has 1 aliphatic heterocycles. The van der Waals surface area contributed by atoms with Crippen LogP contribution >= 0.6 is 0 Å². The third kappa shape index (κ3) is 3.80. The van der Waals surface area contributed by atoms with Crippen LogP contribution in [-0.4, -0.2) is 54.5 Å². The molecule has 1 unspecified atom stereocenters. The van der Waals surface area contributed by atoms with E-state index < -0.39 is 0 Å². The van der Waals surface area contributed by atoms with Crippen molar-refractivity contribution in [1.82, 2.24) is 9.80 Å². The van der Waals surface area contributed by atoms with E-state index in [2.05, 4.69) is 15.9 Å². The second kappa shape index (κ2) is 6.46. The molecule has 1 fully saturated rings. The molecule has 1 saturated heterocycles. The average Bonchev–Trinajstić information content (AvgIpc) is 2.29. The first-order valence-corrected chi connectivity index (χ1v) is 5.81. The van der Waals surface area contributed by atoms with Crippen molar-refractivity contribution < 1.29 is 4.79 Å². The highest BCUT2D eigenvalue weighted by atomic mass is 16.1. The van der Waals surface area contributed by atoms with Crippen LogP contribution in [-0.2, 0) is 4.79 Å². The summed E-state index contributed by atoms with van der Waals surface area (Å²) in [7, 11) is 0. The maximum Gasteiger partial charge on any atom is 0.218 e. The molecule has 0 spiro atoms. The predicted octanol–water partition coefficient (Wildman–Crippen LogP) is -0.218. The molecule has 0 aromatic rings. The third-order valence-electron chi connectivity index (χ3n) is 3.06. The Hall–Kier alpha value is -1.12. The van der Waals surface area contributed by atoms with E-state index in [-0.39, 0.29) is 11.9 Å². The lowest BCUT2D eigenvalue weighted by atomic mass is 10.2. The van der Waals surface area contributed by atoms with Crippen LogP contribution in [0.1, 0.15) is 19.8 Å². The molecule has 5 heteroatoms. The molecule has 1 amide bonds. The number of nitrogens with zero attached hydrogens (tertiary/aromatic N) is 3. The van der Waals surface area contributed by atoms with Gasteiger partial charge in [0.2, 0.25) is 5.91 Å². The van der Waals surface area contributed by atoms with Gasteiger partial charge in [-0.15, -0.1) is 0 Å². The molecule has 90 valence electrons. The summed E-state index contributed by atoms with van der Waals surface area (Å²) in [5.41, 5.74) is 5.11. The molecule has 1 aliphatic rings. The number of hydrogen-bond donors (Lipinski definition) is 1. The Labute approximate surface area is 96.8 Å². The van der Waals surface area contributed by atoms with Gasteiger partial charge >= 0.3 is 0 Å². The number of amides is 1. The lowest BCUT2D eigenvalue weighted by Crippen LogP contribution is -2.50. The quantitative estimate of drug-likeness (QED) is 0.701. The van der Waals surface area contributed by atoms with Crippen molar-refractivity contribution in [2.75, 3.05) is 32.7 Å². The lowest BCUT2D eigenvalue weighted by molar-refractivity contribution is -0.118. The SMILES string of the molecule is CCC(C#N)N1CCN(CCC(N)=O)CC1. The highest BCUT2D eigenvalue weighted by Gasteiger charge is 2.22. The minimum Gasteiger partial charge on any atom is -0.370 e. The van der Waals surface area contributed by atoms with Crippen LogP contribution in [0.25, 0.3) is 0 Å². The first kappa shape index (κ1) is 12.9. The summed E-state index contributed by atoms with van der Waals surface area (Å²) in [4.78, 5) is 15.1. The Morgan fingerprint density at radius 1 is 1.44 bits per heavy atom. The summed E-state index contributed by atoms with van der Waals surface area (Å²) in [6.45, 7) is 6.44. The molecule has 16 heavy (non-hydrogen) atoms. The van der Waals surface area contributed by atoms with Crippen molar-refractivity contribution in [2.24, 2.45) is 5.73 Å². The van der Waals surface area contributed by atoms with Gasteiger partial charge in [0, 0.05) is 39.1 Å². The minimum atomic E-state index is -0.245. The molecule has 0 saturated carbocycles. The van der Waals surface area contributed by atoms with E-state index in [4.69, 9.17) is 11.0 Å². The molecular formula is C11H20N4O. The Bertz CT molecular complexity index is 266. The van der Waals surface area contributed by atoms with E-state index in [1.165, 1.54) is 0 Å². The molecule has 0 aliphatic carbocycles. The Kier molecular flexibility index (Phi) is 5.23. The number of carbonyl (C=O) groups is 1. The zero-order valence-electron chi connectivity index (χ0n) is 9.85. The zero-order chi connectivity index (χ0) is 12.0. The molecule has 5 nitrogen and oxygen atoms in total. The van der Waals surface area contributed by atoms with Gasteiger partial charge in [0.15, 0.2) is 0 Å². The van der Waals surface area contributed by atoms with Gasteiger partial charge in [0.05, 0.1) is 12.1 Å². The summed E-state index contributed by atoms with van der Waals surface area (Å²) in [6, 6.07) is 2.36. The number of carbonyl (C=O) groups excluding carboxylic acids is 1. The number of nitrogens with two attached hydrogens (primary N) is 1. The molecule has 1 rings (SSSR count). The van der Waals surface area contributed by atoms with Crippen LogP contribution in [0.5, 0.6) is 0 Å². The number of rotatable bonds is 5. The smallest absolute Gasteiger partial charge is 0.218 e. The Balaban J connectivity index is 2.28. The molecule has 0 aromatic carbocycles. The van der Waals surface area contributed by atoms with E-state index in [1.54, 1.807) is 0 Å². The summed E-state index contributed by atoms with van der Waals surface area (Å²) < 4.78 is 0. The van der Waals surface area contributed by atoms with Crippen molar-refractivity contribution in [2.45, 2.75) is 25.8 Å². The van der Waals surface area contributed by atoms with Crippen molar-refractivity contribution >= 4 is 5.91 Å². The minimum absolute atomic E-state index is 0.0401. The fourth-order valence-electron chi connectivity index (χ4n) is 2.00. The summed E-state index contributed by atoms with van der Waals surface area (Å²) in [5, 5.41) is 8.95. The summed E-state index contributed by atoms with van der Waals surface area (Å²) in [6.07, 6.45) is 1.30. The van der Waals surface area contributed by atoms with Crippen molar-refractivity contribution in [3.05, 3.63) is 0 Å². The van der Waals surface area contributed by atoms with Gasteiger partial charge in [0.25, 0.3) is 0 Å². The van der Waals surface area contributed by atoms with Gasteiger partial charge in [-0.25, -0.2) is 0 Å². The normalized spacial score (nSPS) is 20.2. The topological polar surface area (TPSA) is 73.4 Å². The molecule has 0 aromatic heterocycles. The van der Waals surface area contributed by atoms with E-state index in [1.807, 2.05) is 6.92 Å². The maximum atomic E-state index is 10.6. The standard InChI is InChI=1S/C11H20N4O/c1-2-10(9-12)15-7-5-14(6-8-15)4-3-11(13)16/h10H,2-8H2,1H3,(H2,13,16). The van der Waals surface area contributed by atoms with Gasteiger partial charge in [-0.2, -0.15) is 5.26 Å². The van der Waals surface area contributed by atoms with Crippen molar-refractivity contribution in [3.63, 3.8) is 0 Å². The van der Waals surface area contributed by atoms with E-state index in [0.29, 0.717) is 6.42 Å². The van der Waals surface area contributed by atoms with Gasteiger partial charge in [-0.3, -0.25) is 9.69 Å². The predicted molar refractivity (Wildman–Crippen MR) is 61.5 cm³/mol. The van der Waals surface area contributed by atoms with Crippen LogP contribution in [0.15, 0.2) is 0 Å². The fourth-order valence-corrected chi connectivity index (χ4v) is 2.00. The highest BCUT2D eigenvalue weighted by molar-refractivity contribution is 5.73. The number of nitriles is 1. The third-order valence-corrected chi connectivity index (χ3v) is 3.06. The van der Waals surface area contributed by atoms with Crippen LogP contribution in [0, 0.1) is 11.3 Å². The number of primary amides is 1. The lowest BCUT2D eigenvalue weighted by Gasteiger charge is -2.36. The molecule has 1 atom stereocenters. The number of piperazine rings is 1. The first-order chi connectivity index (χ1) is 7.67. The second-order valence-electron chi connectivity index (χ2n) is 4.15. The van der Waals surface area contributed by atoms with Gasteiger partial charge in [-0.1, -0.05) is 6.92 Å². The number of hydrogen-bond acceptors (Lipinski definition) is 4. The van der Waals surface area contributed by atoms with Crippen LogP contribution in [0.3, 0.4) is 0 Å². The van der Waals surface area contributed by atoms with Crippen molar-refractivity contribution in [1.29, 1.82) is 5.26 Å². The fraction of sp³-hybridized carbons (Fsp3) is 0.818. The van der Waals surface area contributed by atoms with Crippen molar-refractivity contribution in [3.8, 4) is 6.07 Å². The van der Waals surface area contributed by atoms with Gasteiger partial charge in [0.1, 0.15) is 0 Å². The maximum absolute atomic E-state index is 10.6. The Morgan fingerprint density at radius 2 is 2.06 bits per heavy atom. The second-order valence-corrected chi connectivity index (χ2v) is 4.15. The van der Waals surface area contributed by atoms with E-state index in [9.17, 15) is 4.79 Å². The average molecular weight is 224 g/mol. The van der Waals surface area contributed by atoms with Crippen LogP contribution in [0.2, 0.25) is 0 Å². The van der Waals surface area contributed by atoms with Gasteiger partial charge < -0.3 is 10.6 Å². The van der Waals surface area contributed by atoms with Crippen LogP contribution in [0.4, 0.5) is 0 Å². The summed E-state index contributed by atoms with van der Waals surface area (Å²) in [5.74, 6) is -0.245. The summed E-state index contributed by atoms with van der Waals surface area (Å²) >= 11 is 0. The molecular weight excluding hydrogens is 204 g/mol. The van der Waals surface area contributed by atoms with Gasteiger partial charge in [-0.05, 0) is 6.42 Å². The monoisotopic (exact) mass is 224 g/mol. The molecule has 2 N–H and O–H groups in total. The Morgan fingerprint density at radius 3 is 2.50 bits per heavy atom. The highest BCUT2D eigenvalue weighted by Crippen LogP contribution is 2.08. The molecule has 0 bridgehead atoms. The van der Waals surface area contributed by atoms with E-state index >= 15 is 0 Å². The van der Waals surface area contributed by atoms with Crippen LogP contribution < -0.4 is 5.73 Å². The first-order valence-electron chi connectivity index (χ1n) is 5.81.